The van der Waals surface area contributed by atoms with E-state index in [0.29, 0.717) is 6.42 Å². The molecule has 0 saturated carbocycles. The van der Waals surface area contributed by atoms with Crippen LogP contribution in [0, 0.1) is 0 Å². The van der Waals surface area contributed by atoms with Crippen molar-refractivity contribution in [2.75, 3.05) is 7.11 Å². The highest BCUT2D eigenvalue weighted by Crippen LogP contribution is 2.39. The van der Waals surface area contributed by atoms with Crippen molar-refractivity contribution in [1.29, 1.82) is 0 Å². The van der Waals surface area contributed by atoms with Crippen molar-refractivity contribution >= 4 is 39.2 Å². The van der Waals surface area contributed by atoms with Crippen molar-refractivity contribution < 1.29 is 9.53 Å². The normalized spacial score (nSPS) is 12.2. The van der Waals surface area contributed by atoms with Crippen molar-refractivity contribution in [3.05, 3.63) is 36.0 Å². The zero-order valence-corrected chi connectivity index (χ0v) is 15.0. The number of rotatable bonds is 6. The highest BCUT2D eigenvalue weighted by molar-refractivity contribution is 8.00. The molecule has 124 valence electrons. The Balaban J connectivity index is 2.07. The van der Waals surface area contributed by atoms with E-state index in [-0.39, 0.29) is 11.2 Å². The molecule has 1 amide bonds. The fraction of sp³-hybridized carbons (Fsp3) is 0.235. The van der Waals surface area contributed by atoms with E-state index in [1.165, 1.54) is 18.1 Å². The molecule has 0 radical (unpaired) electrons. The van der Waals surface area contributed by atoms with Gasteiger partial charge >= 0.3 is 0 Å². The van der Waals surface area contributed by atoms with Crippen LogP contribution in [-0.4, -0.2) is 28.2 Å². The first-order valence-corrected chi connectivity index (χ1v) is 9.22. The minimum absolute atomic E-state index is 0.299. The summed E-state index contributed by atoms with van der Waals surface area (Å²) in [4.78, 5) is 21.2. The van der Waals surface area contributed by atoms with Gasteiger partial charge in [0.25, 0.3) is 0 Å². The Morgan fingerprint density at radius 2 is 2.08 bits per heavy atom. The predicted molar refractivity (Wildman–Crippen MR) is 98.5 cm³/mol. The quantitative estimate of drug-likeness (QED) is 0.536. The molecule has 3 rings (SSSR count). The average molecular weight is 359 g/mol. The summed E-state index contributed by atoms with van der Waals surface area (Å²) in [5, 5.41) is 3.53. The van der Waals surface area contributed by atoms with Gasteiger partial charge in [-0.15, -0.1) is 11.3 Å². The highest BCUT2D eigenvalue weighted by atomic mass is 32.2. The maximum atomic E-state index is 11.6. The largest absolute Gasteiger partial charge is 0.497 e. The van der Waals surface area contributed by atoms with E-state index < -0.39 is 0 Å². The lowest BCUT2D eigenvalue weighted by Crippen LogP contribution is -2.24. The molecule has 2 heterocycles. The third-order valence-electron chi connectivity index (χ3n) is 3.68. The second kappa shape index (κ2) is 7.19. The monoisotopic (exact) mass is 359 g/mol. The number of methoxy groups -OCH3 is 1. The summed E-state index contributed by atoms with van der Waals surface area (Å²) in [5.74, 6) is 0.486. The predicted octanol–water partition coefficient (Wildman–Crippen LogP) is 3.72. The number of benzene rings is 1. The third kappa shape index (κ3) is 3.22. The number of carbonyl (C=O) groups excluding carboxylic acids is 1. The van der Waals surface area contributed by atoms with Gasteiger partial charge in [0.05, 0.1) is 17.7 Å². The Kier molecular flexibility index (Phi) is 5.01. The lowest BCUT2D eigenvalue weighted by atomic mass is 10.1. The van der Waals surface area contributed by atoms with Crippen LogP contribution >= 0.6 is 23.1 Å². The number of fused-ring (bicyclic) bond motifs is 1. The van der Waals surface area contributed by atoms with Gasteiger partial charge in [-0.05, 0) is 24.1 Å². The van der Waals surface area contributed by atoms with Crippen LogP contribution in [0.5, 0.6) is 5.75 Å². The summed E-state index contributed by atoms with van der Waals surface area (Å²) in [7, 11) is 1.65. The molecule has 3 aromatic rings. The van der Waals surface area contributed by atoms with Crippen molar-refractivity contribution in [2.24, 2.45) is 5.73 Å². The fourth-order valence-electron chi connectivity index (χ4n) is 2.40. The zero-order chi connectivity index (χ0) is 17.1. The fourth-order valence-corrected chi connectivity index (χ4v) is 4.36. The van der Waals surface area contributed by atoms with E-state index in [0.717, 1.165) is 32.1 Å². The van der Waals surface area contributed by atoms with Crippen LogP contribution in [-0.2, 0) is 4.79 Å². The van der Waals surface area contributed by atoms with Crippen LogP contribution in [0.2, 0.25) is 0 Å². The average Bonchev–Trinajstić information content (AvgIpc) is 3.04. The summed E-state index contributed by atoms with van der Waals surface area (Å²) in [6.07, 6.45) is 2.19. The van der Waals surface area contributed by atoms with Crippen LogP contribution < -0.4 is 10.5 Å². The number of nitrogens with zero attached hydrogens (tertiary/aromatic N) is 2. The number of thioether (sulfide) groups is 1. The minimum Gasteiger partial charge on any atom is -0.497 e. The van der Waals surface area contributed by atoms with E-state index in [9.17, 15) is 4.79 Å². The van der Waals surface area contributed by atoms with Gasteiger partial charge < -0.3 is 10.5 Å². The minimum atomic E-state index is -0.324. The zero-order valence-electron chi connectivity index (χ0n) is 13.4. The number of amides is 1. The first-order valence-electron chi connectivity index (χ1n) is 7.46. The number of nitrogens with two attached hydrogens (primary N) is 1. The van der Waals surface area contributed by atoms with Gasteiger partial charge in [0.2, 0.25) is 5.91 Å². The number of aromatic nitrogens is 2. The SMILES string of the molecule is CCC(Sc1ncnc2scc(-c3ccc(OC)cc3)c12)C(N)=O. The molecule has 2 N–H and O–H groups in total. The molecule has 7 heteroatoms. The molecule has 5 nitrogen and oxygen atoms in total. The Labute approximate surface area is 148 Å². The van der Waals surface area contributed by atoms with Crippen LogP contribution in [0.25, 0.3) is 21.3 Å². The maximum absolute atomic E-state index is 11.6. The molecule has 0 aliphatic carbocycles. The van der Waals surface area contributed by atoms with Gasteiger partial charge in [-0.25, -0.2) is 9.97 Å². The molecule has 1 atom stereocenters. The Morgan fingerprint density at radius 3 is 2.71 bits per heavy atom. The van der Waals surface area contributed by atoms with Crippen molar-refractivity contribution in [3.8, 4) is 16.9 Å². The molecule has 1 aromatic carbocycles. The molecule has 0 saturated heterocycles. The molecule has 0 spiro atoms. The Hall–Kier alpha value is -2.12. The number of hydrogen-bond acceptors (Lipinski definition) is 6. The van der Waals surface area contributed by atoms with Gasteiger partial charge in [-0.3, -0.25) is 4.79 Å². The summed E-state index contributed by atoms with van der Waals surface area (Å²) in [5.41, 5.74) is 7.60. The van der Waals surface area contributed by atoms with Gasteiger partial charge in [-0.2, -0.15) is 0 Å². The van der Waals surface area contributed by atoms with E-state index in [1.807, 2.05) is 31.2 Å². The lowest BCUT2D eigenvalue weighted by molar-refractivity contribution is -0.117. The van der Waals surface area contributed by atoms with E-state index in [2.05, 4.69) is 15.3 Å². The molecule has 24 heavy (non-hydrogen) atoms. The van der Waals surface area contributed by atoms with Crippen LogP contribution in [0.1, 0.15) is 13.3 Å². The first kappa shape index (κ1) is 16.7. The second-order valence-corrected chi connectivity index (χ2v) is 7.20. The molecular formula is C17H17N3O2S2. The summed E-state index contributed by atoms with van der Waals surface area (Å²) in [6, 6.07) is 7.86. The Bertz CT molecular complexity index is 862. The van der Waals surface area contributed by atoms with Crippen molar-refractivity contribution in [1.82, 2.24) is 9.97 Å². The molecule has 0 fully saturated rings. The number of carbonyl (C=O) groups is 1. The van der Waals surface area contributed by atoms with E-state index in [4.69, 9.17) is 10.5 Å². The molecule has 2 aromatic heterocycles. The molecule has 0 aliphatic rings. The van der Waals surface area contributed by atoms with Gasteiger partial charge in [0, 0.05) is 10.9 Å². The van der Waals surface area contributed by atoms with Crippen LogP contribution in [0.4, 0.5) is 0 Å². The van der Waals surface area contributed by atoms with Crippen molar-refractivity contribution in [3.63, 3.8) is 0 Å². The summed E-state index contributed by atoms with van der Waals surface area (Å²) < 4.78 is 5.21. The van der Waals surface area contributed by atoms with Gasteiger partial charge in [-0.1, -0.05) is 30.8 Å². The van der Waals surface area contributed by atoms with Gasteiger partial charge in [0.15, 0.2) is 0 Å². The molecular weight excluding hydrogens is 342 g/mol. The number of hydrogen-bond donors (Lipinski definition) is 1. The van der Waals surface area contributed by atoms with Crippen molar-refractivity contribution in [2.45, 2.75) is 23.6 Å². The second-order valence-electron chi connectivity index (χ2n) is 5.15. The van der Waals surface area contributed by atoms with Gasteiger partial charge in [0.1, 0.15) is 21.9 Å². The Morgan fingerprint density at radius 1 is 1.33 bits per heavy atom. The number of primary amides is 1. The third-order valence-corrected chi connectivity index (χ3v) is 5.95. The lowest BCUT2D eigenvalue weighted by Gasteiger charge is -2.11. The molecule has 0 bridgehead atoms. The molecule has 1 unspecified atom stereocenters. The van der Waals surface area contributed by atoms with Crippen LogP contribution in [0.15, 0.2) is 41.0 Å². The van der Waals surface area contributed by atoms with Crippen LogP contribution in [0.3, 0.4) is 0 Å². The summed E-state index contributed by atoms with van der Waals surface area (Å²) >= 11 is 2.97. The summed E-state index contributed by atoms with van der Waals surface area (Å²) in [6.45, 7) is 1.94. The standard InChI is InChI=1S/C17H17N3O2S2/c1-3-13(15(18)21)24-17-14-12(8-23-16(14)19-9-20-17)10-4-6-11(22-2)7-5-10/h4-9,13H,3H2,1-2H3,(H2,18,21). The van der Waals surface area contributed by atoms with E-state index >= 15 is 0 Å². The maximum Gasteiger partial charge on any atom is 0.230 e. The topological polar surface area (TPSA) is 78.1 Å². The van der Waals surface area contributed by atoms with E-state index in [1.54, 1.807) is 18.4 Å². The number of ether oxygens (including phenoxy) is 1. The smallest absolute Gasteiger partial charge is 0.230 e. The molecule has 0 aliphatic heterocycles. The number of thiophene rings is 1. The highest BCUT2D eigenvalue weighted by Gasteiger charge is 2.20. The first-order chi connectivity index (χ1) is 11.6.